The quantitative estimate of drug-likeness (QED) is 0.160. The molecule has 0 fully saturated rings. The first-order valence-corrected chi connectivity index (χ1v) is 25.1. The number of benzene rings is 12. The Morgan fingerprint density at radius 3 is 1.41 bits per heavy atom. The summed E-state index contributed by atoms with van der Waals surface area (Å²) in [5.41, 5.74) is 14.5. The zero-order chi connectivity index (χ0) is 48.7. The van der Waals surface area contributed by atoms with E-state index in [0.717, 1.165) is 77.2 Å². The SMILES string of the molecule is c1ccc(-c2ccc(-c3nc(-c4ccc5ccccc5c4)nc(-c4cccc5oc6ccc(-n7c8cc(-c9ccccc9)c9ccccc9c8c8c9ccccc9c(-c9ccccc9)cc87)cc6c45)n3)cc2)cc1. The van der Waals surface area contributed by atoms with Crippen molar-refractivity contribution in [1.82, 2.24) is 19.5 Å². The highest BCUT2D eigenvalue weighted by atomic mass is 16.3. The topological polar surface area (TPSA) is 56.7 Å². The molecule has 0 aliphatic carbocycles. The van der Waals surface area contributed by atoms with Crippen LogP contribution in [-0.4, -0.2) is 19.5 Å². The largest absolute Gasteiger partial charge is 0.456 e. The maximum Gasteiger partial charge on any atom is 0.164 e. The number of furan rings is 1. The van der Waals surface area contributed by atoms with Gasteiger partial charge in [-0.3, -0.25) is 0 Å². The number of aromatic nitrogens is 4. The maximum absolute atomic E-state index is 6.78. The lowest BCUT2D eigenvalue weighted by molar-refractivity contribution is 0.669. The summed E-state index contributed by atoms with van der Waals surface area (Å²) in [6, 6.07) is 90.7. The minimum Gasteiger partial charge on any atom is -0.456 e. The first kappa shape index (κ1) is 41.8. The minimum absolute atomic E-state index is 0.568. The Bertz CT molecular complexity index is 4560. The van der Waals surface area contributed by atoms with Crippen LogP contribution in [0.5, 0.6) is 0 Å². The molecule has 74 heavy (non-hydrogen) atoms. The highest BCUT2D eigenvalue weighted by Crippen LogP contribution is 2.47. The van der Waals surface area contributed by atoms with Crippen molar-refractivity contribution in [2.75, 3.05) is 0 Å². The molecule has 12 aromatic carbocycles. The van der Waals surface area contributed by atoms with Crippen molar-refractivity contribution in [2.45, 2.75) is 0 Å². The van der Waals surface area contributed by atoms with E-state index in [1.165, 1.54) is 54.6 Å². The van der Waals surface area contributed by atoms with E-state index >= 15 is 0 Å². The van der Waals surface area contributed by atoms with Crippen LogP contribution in [0, 0.1) is 0 Å². The second-order valence-corrected chi connectivity index (χ2v) is 19.1. The number of hydrogen-bond acceptors (Lipinski definition) is 4. The Morgan fingerprint density at radius 2 is 0.770 bits per heavy atom. The molecule has 0 amide bonds. The molecule has 0 saturated carbocycles. The summed E-state index contributed by atoms with van der Waals surface area (Å²) in [5, 5.41) is 11.5. The molecule has 0 unspecified atom stereocenters. The highest BCUT2D eigenvalue weighted by Gasteiger charge is 2.24. The van der Waals surface area contributed by atoms with Crippen LogP contribution in [-0.2, 0) is 0 Å². The van der Waals surface area contributed by atoms with Gasteiger partial charge < -0.3 is 8.98 Å². The van der Waals surface area contributed by atoms with Crippen LogP contribution in [0.2, 0.25) is 0 Å². The van der Waals surface area contributed by atoms with Crippen molar-refractivity contribution in [3.05, 3.63) is 255 Å². The molecule has 0 bridgehead atoms. The third-order valence-electron chi connectivity index (χ3n) is 14.8. The van der Waals surface area contributed by atoms with Gasteiger partial charge >= 0.3 is 0 Å². The highest BCUT2D eigenvalue weighted by molar-refractivity contribution is 6.32. The van der Waals surface area contributed by atoms with Crippen LogP contribution in [0.1, 0.15) is 0 Å². The molecule has 0 spiro atoms. The van der Waals surface area contributed by atoms with E-state index in [1.807, 2.05) is 18.2 Å². The van der Waals surface area contributed by atoms with Gasteiger partial charge in [-0.25, -0.2) is 15.0 Å². The molecule has 0 atom stereocenters. The summed E-state index contributed by atoms with van der Waals surface area (Å²) >= 11 is 0. The third kappa shape index (κ3) is 6.75. The van der Waals surface area contributed by atoms with Gasteiger partial charge in [-0.1, -0.05) is 212 Å². The van der Waals surface area contributed by atoms with Gasteiger partial charge in [-0.2, -0.15) is 0 Å². The maximum atomic E-state index is 6.78. The number of fused-ring (bicyclic) bond motifs is 11. The fourth-order valence-electron chi connectivity index (χ4n) is 11.4. The fraction of sp³-hybridized carbons (Fsp3) is 0. The Labute approximate surface area is 425 Å². The van der Waals surface area contributed by atoms with E-state index in [0.29, 0.717) is 17.5 Å². The van der Waals surface area contributed by atoms with Gasteiger partial charge in [0.2, 0.25) is 0 Å². The zero-order valence-electron chi connectivity index (χ0n) is 39.9. The summed E-state index contributed by atoms with van der Waals surface area (Å²) < 4.78 is 9.26. The predicted molar refractivity (Wildman–Crippen MR) is 307 cm³/mol. The molecule has 0 saturated heterocycles. The van der Waals surface area contributed by atoms with Crippen LogP contribution >= 0.6 is 0 Å². The van der Waals surface area contributed by atoms with Crippen molar-refractivity contribution in [1.29, 1.82) is 0 Å². The molecule has 15 aromatic rings. The third-order valence-corrected chi connectivity index (χ3v) is 14.8. The van der Waals surface area contributed by atoms with E-state index in [4.69, 9.17) is 19.4 Å². The Kier molecular flexibility index (Phi) is 9.50. The minimum atomic E-state index is 0.568. The lowest BCUT2D eigenvalue weighted by atomic mass is 9.92. The zero-order valence-corrected chi connectivity index (χ0v) is 39.9. The number of nitrogens with zero attached hydrogens (tertiary/aromatic N) is 4. The molecule has 5 heteroatoms. The average molecular weight is 943 g/mol. The number of hydrogen-bond donors (Lipinski definition) is 0. The fourth-order valence-corrected chi connectivity index (χ4v) is 11.4. The van der Waals surface area contributed by atoms with Gasteiger partial charge in [0.05, 0.1) is 11.0 Å². The van der Waals surface area contributed by atoms with Crippen LogP contribution in [0.15, 0.2) is 259 Å². The predicted octanol–water partition coefficient (Wildman–Crippen LogP) is 18.3. The monoisotopic (exact) mass is 942 g/mol. The van der Waals surface area contributed by atoms with E-state index in [1.54, 1.807) is 0 Å². The molecule has 0 aliphatic rings. The van der Waals surface area contributed by atoms with E-state index in [9.17, 15) is 0 Å². The smallest absolute Gasteiger partial charge is 0.164 e. The standard InChI is InChI=1S/C69H42N4O/c1-4-17-43(18-5-1)45-31-34-48(35-32-45)67-70-68(50-36-33-44-19-10-11-24-49(44)39-50)72-69(71-67)56-29-16-30-63-64(56)59-40-51(37-38-62(59)74-63)73-60-41-57(46-20-6-2-7-21-46)52-25-12-14-27-54(52)65(60)66-55-28-15-13-26-53(55)58(42-61(66)73)47-22-8-3-9-23-47/h1-42H. The summed E-state index contributed by atoms with van der Waals surface area (Å²) in [6.07, 6.45) is 0. The van der Waals surface area contributed by atoms with Crippen LogP contribution in [0.4, 0.5) is 0 Å². The normalized spacial score (nSPS) is 11.8. The molecular formula is C69H42N4O. The molecule has 0 radical (unpaired) electrons. The summed E-state index contributed by atoms with van der Waals surface area (Å²) in [6.45, 7) is 0. The van der Waals surface area contributed by atoms with Gasteiger partial charge in [0.1, 0.15) is 11.2 Å². The summed E-state index contributed by atoms with van der Waals surface area (Å²) in [7, 11) is 0. The average Bonchev–Trinajstić information content (AvgIpc) is 4.03. The Balaban J connectivity index is 0.995. The first-order chi connectivity index (χ1) is 36.7. The molecule has 0 N–H and O–H groups in total. The molecular weight excluding hydrogens is 901 g/mol. The lowest BCUT2D eigenvalue weighted by Gasteiger charge is -2.13. The van der Waals surface area contributed by atoms with Crippen molar-refractivity contribution in [2.24, 2.45) is 0 Å². The first-order valence-electron chi connectivity index (χ1n) is 25.1. The van der Waals surface area contributed by atoms with Crippen molar-refractivity contribution >= 4 is 76.1 Å². The van der Waals surface area contributed by atoms with Gasteiger partial charge in [-0.15, -0.1) is 0 Å². The Morgan fingerprint density at radius 1 is 0.270 bits per heavy atom. The van der Waals surface area contributed by atoms with Gasteiger partial charge in [0, 0.05) is 43.9 Å². The second kappa shape index (κ2) is 16.8. The molecule has 0 aliphatic heterocycles. The van der Waals surface area contributed by atoms with Crippen LogP contribution in [0.25, 0.3) is 149 Å². The van der Waals surface area contributed by atoms with Gasteiger partial charge in [0.15, 0.2) is 17.5 Å². The summed E-state index contributed by atoms with van der Waals surface area (Å²) in [5.74, 6) is 1.76. The van der Waals surface area contributed by atoms with Gasteiger partial charge in [-0.05, 0) is 108 Å². The second-order valence-electron chi connectivity index (χ2n) is 19.1. The van der Waals surface area contributed by atoms with Crippen molar-refractivity contribution < 1.29 is 4.42 Å². The molecule has 344 valence electrons. The van der Waals surface area contributed by atoms with Crippen molar-refractivity contribution in [3.63, 3.8) is 0 Å². The van der Waals surface area contributed by atoms with E-state index in [2.05, 4.69) is 241 Å². The molecule has 5 nitrogen and oxygen atoms in total. The molecule has 3 heterocycles. The lowest BCUT2D eigenvalue weighted by Crippen LogP contribution is -2.00. The van der Waals surface area contributed by atoms with E-state index in [-0.39, 0.29) is 0 Å². The molecule has 3 aromatic heterocycles. The van der Waals surface area contributed by atoms with Crippen LogP contribution in [0.3, 0.4) is 0 Å². The molecule has 15 rings (SSSR count). The van der Waals surface area contributed by atoms with E-state index < -0.39 is 0 Å². The van der Waals surface area contributed by atoms with Gasteiger partial charge in [0.25, 0.3) is 0 Å². The Hall–Kier alpha value is -9.97. The van der Waals surface area contributed by atoms with Crippen LogP contribution < -0.4 is 0 Å². The number of rotatable bonds is 7. The van der Waals surface area contributed by atoms with Crippen molar-refractivity contribution in [3.8, 4) is 73.2 Å². The summed E-state index contributed by atoms with van der Waals surface area (Å²) in [4.78, 5) is 15.8.